The van der Waals surface area contributed by atoms with Gasteiger partial charge in [-0.05, 0) is 32.0 Å². The molecule has 1 N–H and O–H groups in total. The van der Waals surface area contributed by atoms with Crippen LogP contribution in [0, 0.1) is 19.8 Å². The molecule has 0 aliphatic carbocycles. The average Bonchev–Trinajstić information content (AvgIpc) is 2.98. The fourth-order valence-corrected chi connectivity index (χ4v) is 3.14. The molecule has 0 saturated carbocycles. The average molecular weight is 363 g/mol. The number of hydrogen-bond donors (Lipinski definition) is 1. The maximum absolute atomic E-state index is 12.3. The Morgan fingerprint density at radius 2 is 1.96 bits per heavy atom. The third-order valence-electron chi connectivity index (χ3n) is 4.61. The van der Waals surface area contributed by atoms with Gasteiger partial charge in [-0.1, -0.05) is 6.07 Å². The largest absolute Gasteiger partial charge is 0.355 e. The van der Waals surface area contributed by atoms with Crippen molar-refractivity contribution in [2.45, 2.75) is 20.4 Å². The summed E-state index contributed by atoms with van der Waals surface area (Å²) < 4.78 is 1.80. The molecule has 1 amide bonds. The van der Waals surface area contributed by atoms with Crippen molar-refractivity contribution in [3.63, 3.8) is 0 Å². The summed E-state index contributed by atoms with van der Waals surface area (Å²) in [4.78, 5) is 27.2. The van der Waals surface area contributed by atoms with Gasteiger partial charge in [-0.3, -0.25) is 9.78 Å². The molecule has 4 heterocycles. The van der Waals surface area contributed by atoms with Gasteiger partial charge in [0.05, 0.1) is 23.9 Å². The van der Waals surface area contributed by atoms with Gasteiger partial charge in [0, 0.05) is 31.0 Å². The predicted octanol–water partition coefficient (Wildman–Crippen LogP) is 1.43. The molecule has 3 aromatic rings. The number of pyridine rings is 1. The van der Waals surface area contributed by atoms with Gasteiger partial charge in [0.25, 0.3) is 0 Å². The van der Waals surface area contributed by atoms with Crippen LogP contribution in [0.4, 0.5) is 5.82 Å². The van der Waals surface area contributed by atoms with E-state index in [4.69, 9.17) is 0 Å². The first-order valence-electron chi connectivity index (χ1n) is 8.88. The second-order valence-electron chi connectivity index (χ2n) is 6.71. The summed E-state index contributed by atoms with van der Waals surface area (Å²) in [5.41, 5.74) is 2.82. The van der Waals surface area contributed by atoms with Gasteiger partial charge in [0.1, 0.15) is 12.1 Å². The summed E-state index contributed by atoms with van der Waals surface area (Å²) in [6.45, 7) is 5.68. The fourth-order valence-electron chi connectivity index (χ4n) is 3.14. The molecule has 1 fully saturated rings. The highest BCUT2D eigenvalue weighted by Crippen LogP contribution is 2.24. The van der Waals surface area contributed by atoms with Crippen molar-refractivity contribution in [3.05, 3.63) is 59.9 Å². The minimum absolute atomic E-state index is 0.0409. The Bertz CT molecular complexity index is 948. The van der Waals surface area contributed by atoms with Gasteiger partial charge in [0.2, 0.25) is 5.91 Å². The molecule has 3 aromatic heterocycles. The number of amides is 1. The fraction of sp³-hybridized carbons (Fsp3) is 0.316. The molecule has 8 heteroatoms. The number of nitrogens with zero attached hydrogens (tertiary/aromatic N) is 6. The number of anilines is 1. The van der Waals surface area contributed by atoms with Crippen LogP contribution >= 0.6 is 0 Å². The van der Waals surface area contributed by atoms with Gasteiger partial charge in [0.15, 0.2) is 5.82 Å². The standard InChI is InChI=1S/C19H21N7O/c1-13-7-14(2)26(24-13)18-8-17(22-12-23-18)25-10-15(11-25)19(27)21-9-16-5-3-4-6-20-16/h3-8,12,15H,9-11H2,1-2H3,(H,21,27). The van der Waals surface area contributed by atoms with Crippen molar-refractivity contribution in [2.75, 3.05) is 18.0 Å². The number of carbonyl (C=O) groups excluding carboxylic acids is 1. The Hall–Kier alpha value is -3.29. The summed E-state index contributed by atoms with van der Waals surface area (Å²) in [6, 6.07) is 9.58. The molecule has 0 aromatic carbocycles. The van der Waals surface area contributed by atoms with Crippen LogP contribution in [-0.2, 0) is 11.3 Å². The molecule has 0 unspecified atom stereocenters. The third kappa shape index (κ3) is 3.64. The predicted molar refractivity (Wildman–Crippen MR) is 100 cm³/mol. The van der Waals surface area contributed by atoms with Crippen LogP contribution in [0.5, 0.6) is 0 Å². The van der Waals surface area contributed by atoms with E-state index in [1.807, 2.05) is 44.2 Å². The van der Waals surface area contributed by atoms with E-state index >= 15 is 0 Å². The first kappa shape index (κ1) is 17.1. The van der Waals surface area contributed by atoms with E-state index in [-0.39, 0.29) is 11.8 Å². The van der Waals surface area contributed by atoms with E-state index in [0.29, 0.717) is 19.6 Å². The Balaban J connectivity index is 1.36. The molecule has 138 valence electrons. The Labute approximate surface area is 157 Å². The van der Waals surface area contributed by atoms with Crippen molar-refractivity contribution in [2.24, 2.45) is 5.92 Å². The highest BCUT2D eigenvalue weighted by Gasteiger charge is 2.33. The summed E-state index contributed by atoms with van der Waals surface area (Å²) in [6.07, 6.45) is 3.26. The van der Waals surface area contributed by atoms with Crippen molar-refractivity contribution in [3.8, 4) is 5.82 Å². The lowest BCUT2D eigenvalue weighted by atomic mass is 9.99. The highest BCUT2D eigenvalue weighted by molar-refractivity contribution is 5.81. The molecule has 0 bridgehead atoms. The summed E-state index contributed by atoms with van der Waals surface area (Å²) in [7, 11) is 0. The zero-order chi connectivity index (χ0) is 18.8. The van der Waals surface area contributed by atoms with E-state index in [9.17, 15) is 4.79 Å². The molecule has 8 nitrogen and oxygen atoms in total. The van der Waals surface area contributed by atoms with Crippen LogP contribution in [0.25, 0.3) is 5.82 Å². The number of hydrogen-bond acceptors (Lipinski definition) is 6. The molecule has 0 spiro atoms. The lowest BCUT2D eigenvalue weighted by Crippen LogP contribution is -2.54. The Morgan fingerprint density at radius 3 is 2.67 bits per heavy atom. The lowest BCUT2D eigenvalue weighted by molar-refractivity contribution is -0.125. The number of aryl methyl sites for hydroxylation is 2. The lowest BCUT2D eigenvalue weighted by Gasteiger charge is -2.39. The molecule has 1 aliphatic rings. The molecular weight excluding hydrogens is 342 g/mol. The molecule has 0 atom stereocenters. The summed E-state index contributed by atoms with van der Waals surface area (Å²) in [5.74, 6) is 1.54. The molecule has 1 saturated heterocycles. The van der Waals surface area contributed by atoms with Gasteiger partial charge < -0.3 is 10.2 Å². The number of carbonyl (C=O) groups is 1. The molecule has 27 heavy (non-hydrogen) atoms. The zero-order valence-electron chi connectivity index (χ0n) is 15.3. The van der Waals surface area contributed by atoms with Crippen LogP contribution in [0.15, 0.2) is 42.9 Å². The topological polar surface area (TPSA) is 88.8 Å². The third-order valence-corrected chi connectivity index (χ3v) is 4.61. The Kier molecular flexibility index (Phi) is 4.53. The van der Waals surface area contributed by atoms with Gasteiger partial charge in [-0.2, -0.15) is 5.10 Å². The van der Waals surface area contributed by atoms with Crippen molar-refractivity contribution < 1.29 is 4.79 Å². The number of aromatic nitrogens is 5. The van der Waals surface area contributed by atoms with Crippen molar-refractivity contribution >= 4 is 11.7 Å². The minimum atomic E-state index is -0.0409. The normalized spacial score (nSPS) is 14.1. The van der Waals surface area contributed by atoms with E-state index in [1.165, 1.54) is 6.33 Å². The van der Waals surface area contributed by atoms with Crippen LogP contribution in [0.3, 0.4) is 0 Å². The monoisotopic (exact) mass is 363 g/mol. The first-order valence-corrected chi connectivity index (χ1v) is 8.88. The minimum Gasteiger partial charge on any atom is -0.355 e. The molecule has 1 aliphatic heterocycles. The van der Waals surface area contributed by atoms with Crippen LogP contribution in [-0.4, -0.2) is 43.7 Å². The Morgan fingerprint density at radius 1 is 1.15 bits per heavy atom. The maximum Gasteiger partial charge on any atom is 0.227 e. The van der Waals surface area contributed by atoms with Gasteiger partial charge >= 0.3 is 0 Å². The van der Waals surface area contributed by atoms with E-state index < -0.39 is 0 Å². The van der Waals surface area contributed by atoms with Crippen LogP contribution in [0.1, 0.15) is 17.1 Å². The molecular formula is C19H21N7O. The number of rotatable bonds is 5. The van der Waals surface area contributed by atoms with E-state index in [1.54, 1.807) is 10.9 Å². The summed E-state index contributed by atoms with van der Waals surface area (Å²) >= 11 is 0. The molecule has 4 rings (SSSR count). The van der Waals surface area contributed by atoms with Crippen molar-refractivity contribution in [1.82, 2.24) is 30.0 Å². The smallest absolute Gasteiger partial charge is 0.227 e. The van der Waals surface area contributed by atoms with Gasteiger partial charge in [-0.15, -0.1) is 0 Å². The quantitative estimate of drug-likeness (QED) is 0.738. The second-order valence-corrected chi connectivity index (χ2v) is 6.71. The SMILES string of the molecule is Cc1cc(C)n(-c2cc(N3CC(C(=O)NCc4ccccn4)C3)ncn2)n1. The van der Waals surface area contributed by atoms with E-state index in [0.717, 1.165) is 28.7 Å². The maximum atomic E-state index is 12.3. The van der Waals surface area contributed by atoms with Crippen LogP contribution < -0.4 is 10.2 Å². The highest BCUT2D eigenvalue weighted by atomic mass is 16.2. The van der Waals surface area contributed by atoms with Crippen LogP contribution in [0.2, 0.25) is 0 Å². The molecule has 0 radical (unpaired) electrons. The first-order chi connectivity index (χ1) is 13.1. The number of nitrogens with one attached hydrogen (secondary N) is 1. The van der Waals surface area contributed by atoms with E-state index in [2.05, 4.69) is 30.3 Å². The zero-order valence-corrected chi connectivity index (χ0v) is 15.3. The second kappa shape index (κ2) is 7.14. The van der Waals surface area contributed by atoms with Gasteiger partial charge in [-0.25, -0.2) is 14.6 Å². The van der Waals surface area contributed by atoms with Crippen molar-refractivity contribution in [1.29, 1.82) is 0 Å². The summed E-state index contributed by atoms with van der Waals surface area (Å²) in [5, 5.41) is 7.40.